The number of nitrogens with one attached hydrogen (secondary N) is 1. The number of carbonyl (C=O) groups excluding carboxylic acids is 2. The van der Waals surface area contributed by atoms with E-state index in [1.807, 2.05) is 6.07 Å². The highest BCUT2D eigenvalue weighted by Gasteiger charge is 2.36. The third kappa shape index (κ3) is 3.85. The molecule has 0 unspecified atom stereocenters. The van der Waals surface area contributed by atoms with Crippen molar-refractivity contribution in [2.24, 2.45) is 5.92 Å². The molecule has 1 fully saturated rings. The van der Waals surface area contributed by atoms with Crippen LogP contribution in [0.1, 0.15) is 12.0 Å². The number of methoxy groups -OCH3 is 2. The number of ether oxygens (including phenoxy) is 2. The van der Waals surface area contributed by atoms with E-state index >= 15 is 0 Å². The van der Waals surface area contributed by atoms with Crippen molar-refractivity contribution >= 4 is 23.2 Å². The van der Waals surface area contributed by atoms with Crippen LogP contribution >= 0.6 is 0 Å². The fourth-order valence-electron chi connectivity index (χ4n) is 3.00. The number of rotatable bonds is 5. The molecule has 0 aromatic heterocycles. The number of nitriles is 1. The fraction of sp³-hybridized carbons (Fsp3) is 0.250. The predicted molar refractivity (Wildman–Crippen MR) is 99.8 cm³/mol. The molecule has 0 saturated carbocycles. The van der Waals surface area contributed by atoms with E-state index in [0.29, 0.717) is 28.4 Å². The zero-order valence-electron chi connectivity index (χ0n) is 15.1. The summed E-state index contributed by atoms with van der Waals surface area (Å²) in [4.78, 5) is 26.6. The Labute approximate surface area is 157 Å². The topological polar surface area (TPSA) is 91.7 Å². The third-order valence-corrected chi connectivity index (χ3v) is 4.46. The van der Waals surface area contributed by atoms with Gasteiger partial charge in [0.15, 0.2) is 0 Å². The van der Waals surface area contributed by atoms with E-state index in [1.165, 1.54) is 7.11 Å². The van der Waals surface area contributed by atoms with E-state index < -0.39 is 5.92 Å². The van der Waals surface area contributed by atoms with Crippen LogP contribution in [0.25, 0.3) is 0 Å². The molecule has 27 heavy (non-hydrogen) atoms. The molecule has 3 rings (SSSR count). The van der Waals surface area contributed by atoms with E-state index in [2.05, 4.69) is 5.32 Å². The highest BCUT2D eigenvalue weighted by atomic mass is 16.5. The fourth-order valence-corrected chi connectivity index (χ4v) is 3.00. The first kappa shape index (κ1) is 18.3. The molecular weight excluding hydrogens is 346 g/mol. The van der Waals surface area contributed by atoms with Gasteiger partial charge in [-0.25, -0.2) is 0 Å². The molecular formula is C20H19N3O4. The highest BCUT2D eigenvalue weighted by molar-refractivity contribution is 6.04. The molecule has 0 bridgehead atoms. The normalized spacial score (nSPS) is 16.0. The van der Waals surface area contributed by atoms with Crippen molar-refractivity contribution in [3.05, 3.63) is 48.0 Å². The number of carbonyl (C=O) groups is 2. The summed E-state index contributed by atoms with van der Waals surface area (Å²) in [5.74, 6) is 0.287. The monoisotopic (exact) mass is 365 g/mol. The molecule has 138 valence electrons. The molecule has 2 aromatic carbocycles. The predicted octanol–water partition coefficient (Wildman–Crippen LogP) is 2.57. The average molecular weight is 365 g/mol. The number of hydrogen-bond donors (Lipinski definition) is 1. The zero-order valence-corrected chi connectivity index (χ0v) is 15.1. The van der Waals surface area contributed by atoms with E-state index in [4.69, 9.17) is 14.7 Å². The minimum absolute atomic E-state index is 0.122. The van der Waals surface area contributed by atoms with Crippen LogP contribution < -0.4 is 19.7 Å². The van der Waals surface area contributed by atoms with E-state index in [-0.39, 0.29) is 24.8 Å². The van der Waals surface area contributed by atoms with Gasteiger partial charge in [-0.05, 0) is 36.4 Å². The molecule has 2 amide bonds. The maximum Gasteiger partial charge on any atom is 0.229 e. The lowest BCUT2D eigenvalue weighted by atomic mass is 10.1. The summed E-state index contributed by atoms with van der Waals surface area (Å²) in [7, 11) is 3.08. The summed E-state index contributed by atoms with van der Waals surface area (Å²) in [6, 6.07) is 13.8. The molecule has 0 radical (unpaired) electrons. The first-order chi connectivity index (χ1) is 13.0. The van der Waals surface area contributed by atoms with Crippen LogP contribution in [0.2, 0.25) is 0 Å². The van der Waals surface area contributed by atoms with Crippen LogP contribution in [-0.2, 0) is 9.59 Å². The summed E-state index contributed by atoms with van der Waals surface area (Å²) in [6.45, 7) is 0.267. The van der Waals surface area contributed by atoms with Crippen molar-refractivity contribution in [3.8, 4) is 17.6 Å². The first-order valence-corrected chi connectivity index (χ1v) is 8.39. The number of hydrogen-bond acceptors (Lipinski definition) is 5. The summed E-state index contributed by atoms with van der Waals surface area (Å²) in [5.41, 5.74) is 1.71. The Morgan fingerprint density at radius 2 is 1.93 bits per heavy atom. The van der Waals surface area contributed by atoms with Crippen LogP contribution in [-0.4, -0.2) is 32.6 Å². The summed E-state index contributed by atoms with van der Waals surface area (Å²) in [6.07, 6.45) is 0.122. The van der Waals surface area contributed by atoms with Crippen LogP contribution in [0.4, 0.5) is 11.4 Å². The van der Waals surface area contributed by atoms with Crippen LogP contribution in [0, 0.1) is 17.2 Å². The van der Waals surface area contributed by atoms with E-state index in [1.54, 1.807) is 54.5 Å². The van der Waals surface area contributed by atoms with Gasteiger partial charge >= 0.3 is 0 Å². The molecule has 2 aromatic rings. The van der Waals surface area contributed by atoms with Gasteiger partial charge in [0, 0.05) is 24.7 Å². The Morgan fingerprint density at radius 3 is 2.56 bits per heavy atom. The second-order valence-corrected chi connectivity index (χ2v) is 6.12. The minimum atomic E-state index is -0.472. The van der Waals surface area contributed by atoms with Crippen molar-refractivity contribution in [2.45, 2.75) is 6.42 Å². The third-order valence-electron chi connectivity index (χ3n) is 4.46. The standard InChI is InChI=1S/C20H19N3O4/c1-26-16-7-8-17(18(10-16)27-2)23-12-14(9-19(23)24)20(25)22-15-5-3-13(11-21)4-6-15/h3-8,10,14H,9,12H2,1-2H3,(H,22,25)/t14-/m0/s1. The SMILES string of the molecule is COc1ccc(N2C[C@@H](C(=O)Nc3ccc(C#N)cc3)CC2=O)c(OC)c1. The molecule has 1 aliphatic rings. The lowest BCUT2D eigenvalue weighted by Gasteiger charge is -2.20. The smallest absolute Gasteiger partial charge is 0.229 e. The molecule has 1 N–H and O–H groups in total. The Balaban J connectivity index is 1.73. The molecule has 1 saturated heterocycles. The van der Waals surface area contributed by atoms with Gasteiger partial charge in [-0.2, -0.15) is 5.26 Å². The number of anilines is 2. The first-order valence-electron chi connectivity index (χ1n) is 8.39. The number of benzene rings is 2. The molecule has 1 atom stereocenters. The van der Waals surface area contributed by atoms with Crippen molar-refractivity contribution in [1.82, 2.24) is 0 Å². The molecule has 7 heteroatoms. The van der Waals surface area contributed by atoms with Crippen molar-refractivity contribution in [2.75, 3.05) is 31.0 Å². The van der Waals surface area contributed by atoms with Gasteiger partial charge in [0.25, 0.3) is 0 Å². The van der Waals surface area contributed by atoms with Gasteiger partial charge in [-0.3, -0.25) is 9.59 Å². The summed E-state index contributed by atoms with van der Waals surface area (Å²) in [5, 5.41) is 11.6. The van der Waals surface area contributed by atoms with Gasteiger partial charge < -0.3 is 19.7 Å². The van der Waals surface area contributed by atoms with Gasteiger partial charge in [0.05, 0.1) is 37.5 Å². The Kier molecular flexibility index (Phi) is 5.27. The molecule has 7 nitrogen and oxygen atoms in total. The Morgan fingerprint density at radius 1 is 1.19 bits per heavy atom. The lowest BCUT2D eigenvalue weighted by Crippen LogP contribution is -2.28. The number of nitrogens with zero attached hydrogens (tertiary/aromatic N) is 2. The second-order valence-electron chi connectivity index (χ2n) is 6.12. The maximum atomic E-state index is 12.5. The minimum Gasteiger partial charge on any atom is -0.497 e. The van der Waals surface area contributed by atoms with Crippen molar-refractivity contribution < 1.29 is 19.1 Å². The van der Waals surface area contributed by atoms with E-state index in [0.717, 1.165) is 0 Å². The largest absolute Gasteiger partial charge is 0.497 e. The molecule has 0 aliphatic carbocycles. The Bertz CT molecular complexity index is 902. The van der Waals surface area contributed by atoms with Gasteiger partial charge in [0.2, 0.25) is 11.8 Å². The quantitative estimate of drug-likeness (QED) is 0.879. The van der Waals surface area contributed by atoms with Gasteiger partial charge in [-0.15, -0.1) is 0 Å². The Hall–Kier alpha value is -3.53. The van der Waals surface area contributed by atoms with Crippen molar-refractivity contribution in [1.29, 1.82) is 5.26 Å². The maximum absolute atomic E-state index is 12.5. The number of amides is 2. The average Bonchev–Trinajstić information content (AvgIpc) is 3.09. The summed E-state index contributed by atoms with van der Waals surface area (Å²) >= 11 is 0. The van der Waals surface area contributed by atoms with Gasteiger partial charge in [0.1, 0.15) is 11.5 Å². The van der Waals surface area contributed by atoms with Crippen LogP contribution in [0.15, 0.2) is 42.5 Å². The molecule has 0 spiro atoms. The van der Waals surface area contributed by atoms with Gasteiger partial charge in [-0.1, -0.05) is 0 Å². The highest BCUT2D eigenvalue weighted by Crippen LogP contribution is 2.36. The molecule has 1 aliphatic heterocycles. The van der Waals surface area contributed by atoms with Crippen LogP contribution in [0.3, 0.4) is 0 Å². The zero-order chi connectivity index (χ0) is 19.4. The molecule has 1 heterocycles. The summed E-state index contributed by atoms with van der Waals surface area (Å²) < 4.78 is 10.5. The van der Waals surface area contributed by atoms with Crippen molar-refractivity contribution in [3.63, 3.8) is 0 Å². The van der Waals surface area contributed by atoms with Crippen LogP contribution in [0.5, 0.6) is 11.5 Å². The van der Waals surface area contributed by atoms with E-state index in [9.17, 15) is 9.59 Å². The second kappa shape index (κ2) is 7.79. The lowest BCUT2D eigenvalue weighted by molar-refractivity contribution is -0.122.